The van der Waals surface area contributed by atoms with Crippen LogP contribution in [0.2, 0.25) is 0 Å². The number of benzene rings is 1. The van der Waals surface area contributed by atoms with Crippen LogP contribution in [-0.2, 0) is 4.79 Å². The molecule has 0 radical (unpaired) electrons. The van der Waals surface area contributed by atoms with Gasteiger partial charge in [-0.3, -0.25) is 4.79 Å². The predicted molar refractivity (Wildman–Crippen MR) is 49.0 cm³/mol. The molecular weight excluding hydrogens is 152 g/mol. The highest BCUT2D eigenvalue weighted by atomic mass is 16.3. The summed E-state index contributed by atoms with van der Waals surface area (Å²) >= 11 is 0. The lowest BCUT2D eigenvalue weighted by molar-refractivity contribution is -0.104. The number of carbonyl (C=O) groups is 1. The molecule has 0 aromatic heterocycles. The lowest BCUT2D eigenvalue weighted by Gasteiger charge is -1.82. The fourth-order valence-corrected chi connectivity index (χ4v) is 0.507. The Morgan fingerprint density at radius 3 is 2.00 bits per heavy atom. The smallest absolute Gasteiger partial charge is 0.142 e. The maximum Gasteiger partial charge on any atom is 0.142 e. The van der Waals surface area contributed by atoms with Crippen molar-refractivity contribution in [2.45, 2.75) is 6.92 Å². The number of para-hydroxylation sites is 1. The van der Waals surface area contributed by atoms with E-state index in [0.717, 1.165) is 6.29 Å². The molecule has 1 rings (SSSR count). The largest absolute Gasteiger partial charge is 0.508 e. The van der Waals surface area contributed by atoms with Gasteiger partial charge in [0.25, 0.3) is 0 Å². The molecule has 2 heteroatoms. The average molecular weight is 164 g/mol. The summed E-state index contributed by atoms with van der Waals surface area (Å²) in [5, 5.41) is 8.63. The highest BCUT2D eigenvalue weighted by Gasteiger charge is 1.74. The lowest BCUT2D eigenvalue weighted by Crippen LogP contribution is -1.56. The number of phenols is 1. The highest BCUT2D eigenvalue weighted by Crippen LogP contribution is 2.02. The molecule has 0 saturated carbocycles. The maximum atomic E-state index is 9.32. The fourth-order valence-electron chi connectivity index (χ4n) is 0.507. The van der Waals surface area contributed by atoms with Gasteiger partial charge >= 0.3 is 0 Å². The molecule has 0 heterocycles. The SMILES string of the molecule is C/C=C/C=O.Oc1ccccc1. The minimum atomic E-state index is 0.322. The van der Waals surface area contributed by atoms with Gasteiger partial charge < -0.3 is 5.11 Å². The van der Waals surface area contributed by atoms with E-state index in [2.05, 4.69) is 0 Å². The van der Waals surface area contributed by atoms with Crippen LogP contribution in [0.25, 0.3) is 0 Å². The van der Waals surface area contributed by atoms with E-state index in [1.165, 1.54) is 6.08 Å². The summed E-state index contributed by atoms with van der Waals surface area (Å²) < 4.78 is 0. The van der Waals surface area contributed by atoms with Gasteiger partial charge in [0.2, 0.25) is 0 Å². The Morgan fingerprint density at radius 2 is 1.83 bits per heavy atom. The van der Waals surface area contributed by atoms with Crippen molar-refractivity contribution in [1.29, 1.82) is 0 Å². The summed E-state index contributed by atoms with van der Waals surface area (Å²) in [6, 6.07) is 8.71. The van der Waals surface area contributed by atoms with Crippen LogP contribution in [0.1, 0.15) is 6.92 Å². The average Bonchev–Trinajstić information content (AvgIpc) is 2.08. The number of aromatic hydroxyl groups is 1. The Labute approximate surface area is 72.2 Å². The van der Waals surface area contributed by atoms with Crippen LogP contribution in [0, 0.1) is 0 Å². The zero-order chi connectivity index (χ0) is 9.23. The van der Waals surface area contributed by atoms with Gasteiger partial charge in [0.05, 0.1) is 0 Å². The summed E-state index contributed by atoms with van der Waals surface area (Å²) in [5.41, 5.74) is 0. The first kappa shape index (κ1) is 10.4. The van der Waals surface area contributed by atoms with Gasteiger partial charge in [-0.05, 0) is 25.1 Å². The maximum absolute atomic E-state index is 9.32. The van der Waals surface area contributed by atoms with Crippen molar-refractivity contribution in [2.24, 2.45) is 0 Å². The normalized spacial score (nSPS) is 8.75. The first-order valence-electron chi connectivity index (χ1n) is 3.61. The van der Waals surface area contributed by atoms with E-state index >= 15 is 0 Å². The fraction of sp³-hybridized carbons (Fsp3) is 0.100. The van der Waals surface area contributed by atoms with E-state index < -0.39 is 0 Å². The van der Waals surface area contributed by atoms with E-state index in [0.29, 0.717) is 5.75 Å². The van der Waals surface area contributed by atoms with Crippen molar-refractivity contribution < 1.29 is 9.90 Å². The minimum absolute atomic E-state index is 0.322. The molecular formula is C10H12O2. The zero-order valence-corrected chi connectivity index (χ0v) is 6.97. The van der Waals surface area contributed by atoms with Crippen molar-refractivity contribution in [3.63, 3.8) is 0 Å². The standard InChI is InChI=1S/C6H6O.C4H6O/c7-6-4-2-1-3-5-6;1-2-3-4-5/h1-5,7H;2-4H,1H3/b;3-2+. The Kier molecular flexibility index (Phi) is 6.55. The summed E-state index contributed by atoms with van der Waals surface area (Å²) in [4.78, 5) is 9.32. The second kappa shape index (κ2) is 7.54. The van der Waals surface area contributed by atoms with E-state index in [1.807, 2.05) is 6.07 Å². The van der Waals surface area contributed by atoms with Crippen LogP contribution in [-0.4, -0.2) is 11.4 Å². The van der Waals surface area contributed by atoms with E-state index in [4.69, 9.17) is 5.11 Å². The number of allylic oxidation sites excluding steroid dienone is 2. The van der Waals surface area contributed by atoms with Crippen molar-refractivity contribution in [3.05, 3.63) is 42.5 Å². The van der Waals surface area contributed by atoms with Crippen molar-refractivity contribution in [2.75, 3.05) is 0 Å². The molecule has 0 aliphatic heterocycles. The molecule has 0 atom stereocenters. The summed E-state index contributed by atoms with van der Waals surface area (Å²) in [5.74, 6) is 0.322. The van der Waals surface area contributed by atoms with Crippen LogP contribution < -0.4 is 0 Å². The predicted octanol–water partition coefficient (Wildman–Crippen LogP) is 2.15. The lowest BCUT2D eigenvalue weighted by atomic mass is 10.3. The topological polar surface area (TPSA) is 37.3 Å². The Bertz CT molecular complexity index is 227. The monoisotopic (exact) mass is 164 g/mol. The number of carbonyl (C=O) groups excluding carboxylic acids is 1. The van der Waals surface area contributed by atoms with E-state index in [1.54, 1.807) is 37.3 Å². The van der Waals surface area contributed by atoms with Gasteiger partial charge in [0.1, 0.15) is 12.0 Å². The molecule has 0 amide bonds. The molecule has 0 unspecified atom stereocenters. The third-order valence-corrected chi connectivity index (χ3v) is 1.03. The number of rotatable bonds is 1. The Morgan fingerprint density at radius 1 is 1.25 bits per heavy atom. The third-order valence-electron chi connectivity index (χ3n) is 1.03. The highest BCUT2D eigenvalue weighted by molar-refractivity contribution is 5.64. The molecule has 1 aromatic rings. The first-order chi connectivity index (χ1) is 5.81. The molecule has 0 aliphatic rings. The van der Waals surface area contributed by atoms with Gasteiger partial charge in [-0.2, -0.15) is 0 Å². The van der Waals surface area contributed by atoms with Crippen molar-refractivity contribution >= 4 is 6.29 Å². The van der Waals surface area contributed by atoms with Crippen LogP contribution in [0.3, 0.4) is 0 Å². The number of aldehydes is 1. The van der Waals surface area contributed by atoms with E-state index in [-0.39, 0.29) is 0 Å². The van der Waals surface area contributed by atoms with Gasteiger partial charge in [-0.15, -0.1) is 0 Å². The molecule has 0 spiro atoms. The summed E-state index contributed by atoms with van der Waals surface area (Å²) in [6.07, 6.45) is 3.88. The molecule has 64 valence electrons. The molecule has 0 aliphatic carbocycles. The van der Waals surface area contributed by atoms with Crippen LogP contribution in [0.5, 0.6) is 5.75 Å². The number of hydrogen-bond donors (Lipinski definition) is 1. The second-order valence-electron chi connectivity index (χ2n) is 2.00. The molecule has 2 nitrogen and oxygen atoms in total. The molecule has 0 fully saturated rings. The molecule has 1 N–H and O–H groups in total. The quantitative estimate of drug-likeness (QED) is 0.510. The van der Waals surface area contributed by atoms with Gasteiger partial charge in [0.15, 0.2) is 0 Å². The first-order valence-corrected chi connectivity index (χ1v) is 3.61. The molecule has 1 aromatic carbocycles. The molecule has 0 saturated heterocycles. The second-order valence-corrected chi connectivity index (χ2v) is 2.00. The molecule has 12 heavy (non-hydrogen) atoms. The minimum Gasteiger partial charge on any atom is -0.508 e. The Balaban J connectivity index is 0.000000217. The van der Waals surface area contributed by atoms with E-state index in [9.17, 15) is 4.79 Å². The van der Waals surface area contributed by atoms with Crippen LogP contribution >= 0.6 is 0 Å². The Hall–Kier alpha value is -1.57. The van der Waals surface area contributed by atoms with Crippen LogP contribution in [0.15, 0.2) is 42.5 Å². The van der Waals surface area contributed by atoms with Crippen LogP contribution in [0.4, 0.5) is 0 Å². The number of hydrogen-bond acceptors (Lipinski definition) is 2. The molecule has 0 bridgehead atoms. The van der Waals surface area contributed by atoms with Gasteiger partial charge in [-0.25, -0.2) is 0 Å². The summed E-state index contributed by atoms with van der Waals surface area (Å²) in [7, 11) is 0. The van der Waals surface area contributed by atoms with Gasteiger partial charge in [0, 0.05) is 0 Å². The van der Waals surface area contributed by atoms with Crippen molar-refractivity contribution in [3.8, 4) is 5.75 Å². The summed E-state index contributed by atoms with van der Waals surface area (Å²) in [6.45, 7) is 1.80. The third kappa shape index (κ3) is 6.55. The van der Waals surface area contributed by atoms with Crippen molar-refractivity contribution in [1.82, 2.24) is 0 Å². The van der Waals surface area contributed by atoms with Gasteiger partial charge in [-0.1, -0.05) is 24.3 Å². The zero-order valence-electron chi connectivity index (χ0n) is 6.97. The number of phenolic OH excluding ortho intramolecular Hbond substituents is 1.